The summed E-state index contributed by atoms with van der Waals surface area (Å²) < 4.78 is 0. The van der Waals surface area contributed by atoms with Gasteiger partial charge in [0.2, 0.25) is 5.91 Å². The van der Waals surface area contributed by atoms with Crippen molar-refractivity contribution in [3.63, 3.8) is 0 Å². The van der Waals surface area contributed by atoms with Crippen LogP contribution in [0.1, 0.15) is 10.4 Å². The van der Waals surface area contributed by atoms with Crippen molar-refractivity contribution in [1.29, 1.82) is 0 Å². The molecule has 0 spiro atoms. The number of fused-ring (bicyclic) bond motifs is 1. The van der Waals surface area contributed by atoms with Crippen molar-refractivity contribution in [3.8, 4) is 0 Å². The van der Waals surface area contributed by atoms with E-state index in [2.05, 4.69) is 32.7 Å². The Balaban J connectivity index is 1.50. The average molecular weight is 326 g/mol. The number of carbonyl (C=O) groups excluding carboxylic acids is 1. The van der Waals surface area contributed by atoms with Gasteiger partial charge in [0.1, 0.15) is 17.0 Å². The standard InChI is InChI=1S/C17H18N4OS/c1-12-9-14-16(20-11-21-17(14)23-12)19-10-15(22)18-8-7-13-5-3-2-4-6-13/h2-6,9,11H,7-8,10H2,1H3,(H,18,22)(H,19,20,21). The smallest absolute Gasteiger partial charge is 0.239 e. The van der Waals surface area contributed by atoms with Crippen molar-refractivity contribution in [1.82, 2.24) is 15.3 Å². The van der Waals surface area contributed by atoms with Gasteiger partial charge in [0, 0.05) is 11.4 Å². The number of carbonyl (C=O) groups is 1. The molecule has 6 heteroatoms. The monoisotopic (exact) mass is 326 g/mol. The van der Waals surface area contributed by atoms with Crippen LogP contribution in [0.3, 0.4) is 0 Å². The minimum Gasteiger partial charge on any atom is -0.360 e. The molecule has 2 N–H and O–H groups in total. The number of aromatic nitrogens is 2. The third-order valence-electron chi connectivity index (χ3n) is 3.45. The van der Waals surface area contributed by atoms with Crippen LogP contribution in [0.15, 0.2) is 42.7 Å². The van der Waals surface area contributed by atoms with Crippen LogP contribution in [-0.4, -0.2) is 29.0 Å². The number of benzene rings is 1. The van der Waals surface area contributed by atoms with Crippen molar-refractivity contribution in [2.45, 2.75) is 13.3 Å². The number of rotatable bonds is 6. The van der Waals surface area contributed by atoms with Crippen LogP contribution in [0.25, 0.3) is 10.2 Å². The molecular weight excluding hydrogens is 308 g/mol. The van der Waals surface area contributed by atoms with E-state index in [-0.39, 0.29) is 12.5 Å². The normalized spacial score (nSPS) is 10.7. The van der Waals surface area contributed by atoms with E-state index in [1.807, 2.05) is 31.2 Å². The van der Waals surface area contributed by atoms with Gasteiger partial charge in [-0.15, -0.1) is 11.3 Å². The van der Waals surface area contributed by atoms with Gasteiger partial charge >= 0.3 is 0 Å². The third-order valence-corrected chi connectivity index (χ3v) is 4.41. The molecule has 0 aliphatic heterocycles. The predicted molar refractivity (Wildman–Crippen MR) is 93.8 cm³/mol. The Labute approximate surface area is 138 Å². The molecule has 1 amide bonds. The van der Waals surface area contributed by atoms with Gasteiger partial charge in [-0.3, -0.25) is 4.79 Å². The van der Waals surface area contributed by atoms with Crippen LogP contribution in [-0.2, 0) is 11.2 Å². The molecule has 1 aromatic carbocycles. The summed E-state index contributed by atoms with van der Waals surface area (Å²) in [7, 11) is 0. The molecule has 0 bridgehead atoms. The van der Waals surface area contributed by atoms with Gasteiger partial charge in [0.15, 0.2) is 0 Å². The molecular formula is C17H18N4OS. The zero-order valence-corrected chi connectivity index (χ0v) is 13.7. The first kappa shape index (κ1) is 15.4. The van der Waals surface area contributed by atoms with Crippen molar-refractivity contribution in [3.05, 3.63) is 53.2 Å². The van der Waals surface area contributed by atoms with Crippen LogP contribution in [0.5, 0.6) is 0 Å². The summed E-state index contributed by atoms with van der Waals surface area (Å²) in [5, 5.41) is 6.97. The van der Waals surface area contributed by atoms with Gasteiger partial charge in [0.05, 0.1) is 11.9 Å². The lowest BCUT2D eigenvalue weighted by Crippen LogP contribution is -2.31. The number of anilines is 1. The molecule has 3 aromatic rings. The molecule has 0 saturated carbocycles. The van der Waals surface area contributed by atoms with Crippen molar-refractivity contribution >= 4 is 33.3 Å². The molecule has 23 heavy (non-hydrogen) atoms. The summed E-state index contributed by atoms with van der Waals surface area (Å²) >= 11 is 1.62. The minimum absolute atomic E-state index is 0.0420. The molecule has 118 valence electrons. The van der Waals surface area contributed by atoms with E-state index in [0.717, 1.165) is 16.6 Å². The molecule has 0 unspecified atom stereocenters. The summed E-state index contributed by atoms with van der Waals surface area (Å²) in [6.07, 6.45) is 2.35. The van der Waals surface area contributed by atoms with Crippen molar-refractivity contribution < 1.29 is 4.79 Å². The zero-order chi connectivity index (χ0) is 16.1. The predicted octanol–water partition coefficient (Wildman–Crippen LogP) is 2.77. The Morgan fingerprint density at radius 3 is 2.87 bits per heavy atom. The summed E-state index contributed by atoms with van der Waals surface area (Å²) in [5.41, 5.74) is 1.21. The molecule has 5 nitrogen and oxygen atoms in total. The van der Waals surface area contributed by atoms with E-state index < -0.39 is 0 Å². The molecule has 3 rings (SSSR count). The maximum atomic E-state index is 11.9. The van der Waals surface area contributed by atoms with Crippen LogP contribution >= 0.6 is 11.3 Å². The van der Waals surface area contributed by atoms with Gasteiger partial charge in [0.25, 0.3) is 0 Å². The lowest BCUT2D eigenvalue weighted by molar-refractivity contribution is -0.119. The Kier molecular flexibility index (Phi) is 4.83. The first-order valence-corrected chi connectivity index (χ1v) is 8.29. The summed E-state index contributed by atoms with van der Waals surface area (Å²) in [6.45, 7) is 2.86. The van der Waals surface area contributed by atoms with Gasteiger partial charge in [-0.25, -0.2) is 9.97 Å². The maximum Gasteiger partial charge on any atom is 0.239 e. The first-order valence-electron chi connectivity index (χ1n) is 7.48. The highest BCUT2D eigenvalue weighted by molar-refractivity contribution is 7.18. The topological polar surface area (TPSA) is 66.9 Å². The number of hydrogen-bond donors (Lipinski definition) is 2. The Bertz CT molecular complexity index is 801. The summed E-state index contributed by atoms with van der Waals surface area (Å²) in [5.74, 6) is 0.664. The number of amides is 1. The second kappa shape index (κ2) is 7.19. The van der Waals surface area contributed by atoms with Gasteiger partial charge in [-0.1, -0.05) is 30.3 Å². The fraction of sp³-hybridized carbons (Fsp3) is 0.235. The van der Waals surface area contributed by atoms with Gasteiger partial charge in [-0.2, -0.15) is 0 Å². The zero-order valence-electron chi connectivity index (χ0n) is 12.9. The minimum atomic E-state index is -0.0420. The number of thiophene rings is 1. The van der Waals surface area contributed by atoms with Crippen LogP contribution in [0, 0.1) is 6.92 Å². The fourth-order valence-electron chi connectivity index (χ4n) is 2.33. The molecule has 0 atom stereocenters. The van der Waals surface area contributed by atoms with E-state index in [4.69, 9.17) is 0 Å². The largest absolute Gasteiger partial charge is 0.360 e. The highest BCUT2D eigenvalue weighted by atomic mass is 32.1. The maximum absolute atomic E-state index is 11.9. The van der Waals surface area contributed by atoms with E-state index in [0.29, 0.717) is 12.4 Å². The Morgan fingerprint density at radius 2 is 2.04 bits per heavy atom. The molecule has 0 fully saturated rings. The fourth-order valence-corrected chi connectivity index (χ4v) is 3.18. The first-order chi connectivity index (χ1) is 11.2. The van der Waals surface area contributed by atoms with Crippen LogP contribution < -0.4 is 10.6 Å². The average Bonchev–Trinajstić information content (AvgIpc) is 2.94. The molecule has 0 radical (unpaired) electrons. The Morgan fingerprint density at radius 1 is 1.22 bits per heavy atom. The highest BCUT2D eigenvalue weighted by Gasteiger charge is 2.08. The molecule has 0 aliphatic carbocycles. The van der Waals surface area contributed by atoms with Crippen molar-refractivity contribution in [2.24, 2.45) is 0 Å². The third kappa shape index (κ3) is 4.04. The molecule has 0 saturated heterocycles. The van der Waals surface area contributed by atoms with Gasteiger partial charge in [-0.05, 0) is 25.0 Å². The molecule has 0 aliphatic rings. The quantitative estimate of drug-likeness (QED) is 0.731. The summed E-state index contributed by atoms with van der Waals surface area (Å²) in [4.78, 5) is 22.5. The van der Waals surface area contributed by atoms with E-state index >= 15 is 0 Å². The van der Waals surface area contributed by atoms with Crippen LogP contribution in [0.2, 0.25) is 0 Å². The lowest BCUT2D eigenvalue weighted by Gasteiger charge is -2.08. The number of nitrogens with zero attached hydrogens (tertiary/aromatic N) is 2. The van der Waals surface area contributed by atoms with Gasteiger partial charge < -0.3 is 10.6 Å². The van der Waals surface area contributed by atoms with Crippen LogP contribution in [0.4, 0.5) is 5.82 Å². The lowest BCUT2D eigenvalue weighted by atomic mass is 10.1. The van der Waals surface area contributed by atoms with E-state index in [1.165, 1.54) is 16.8 Å². The molecule has 2 heterocycles. The summed E-state index contributed by atoms with van der Waals surface area (Å²) in [6, 6.07) is 12.1. The highest BCUT2D eigenvalue weighted by Crippen LogP contribution is 2.27. The van der Waals surface area contributed by atoms with E-state index in [1.54, 1.807) is 11.3 Å². The number of nitrogens with one attached hydrogen (secondary N) is 2. The number of hydrogen-bond acceptors (Lipinski definition) is 5. The Hall–Kier alpha value is -2.47. The van der Waals surface area contributed by atoms with E-state index in [9.17, 15) is 4.79 Å². The second-order valence-corrected chi connectivity index (χ2v) is 6.47. The molecule has 2 aromatic heterocycles. The second-order valence-electron chi connectivity index (χ2n) is 5.24. The number of aryl methyl sites for hydroxylation is 1. The SMILES string of the molecule is Cc1cc2c(NCC(=O)NCCc3ccccc3)ncnc2s1. The van der Waals surface area contributed by atoms with Crippen molar-refractivity contribution in [2.75, 3.05) is 18.4 Å².